The molecule has 1 aliphatic rings. The molecular formula is C49H64F6. The molecule has 0 unspecified atom stereocenters. The minimum Gasteiger partial charge on any atom is -0.207 e. The van der Waals surface area contributed by atoms with Crippen LogP contribution >= 0.6 is 0 Å². The van der Waals surface area contributed by atoms with Gasteiger partial charge in [0.05, 0.1) is 0 Å². The van der Waals surface area contributed by atoms with Gasteiger partial charge in [0.15, 0.2) is 0 Å². The fourth-order valence-corrected chi connectivity index (χ4v) is 5.00. The molecule has 55 heavy (non-hydrogen) atoms. The van der Waals surface area contributed by atoms with Gasteiger partial charge in [-0.25, -0.2) is 26.3 Å². The van der Waals surface area contributed by atoms with Crippen molar-refractivity contribution in [3.05, 3.63) is 175 Å². The zero-order valence-corrected chi connectivity index (χ0v) is 34.3. The molecule has 0 aliphatic heterocycles. The minimum absolute atomic E-state index is 0. The van der Waals surface area contributed by atoms with Crippen molar-refractivity contribution in [2.24, 2.45) is 11.8 Å². The zero-order chi connectivity index (χ0) is 41.1. The van der Waals surface area contributed by atoms with Crippen LogP contribution in [0.4, 0.5) is 26.3 Å². The minimum atomic E-state index is -0.475. The lowest BCUT2D eigenvalue weighted by Gasteiger charge is -2.22. The molecule has 0 nitrogen and oxygen atoms in total. The topological polar surface area (TPSA) is 0 Å². The fourth-order valence-electron chi connectivity index (χ4n) is 5.00. The highest BCUT2D eigenvalue weighted by Crippen LogP contribution is 2.27. The molecule has 6 heteroatoms. The first-order chi connectivity index (χ1) is 25.2. The predicted octanol–water partition coefficient (Wildman–Crippen LogP) is 15.8. The van der Waals surface area contributed by atoms with Gasteiger partial charge in [0, 0.05) is 11.1 Å². The zero-order valence-electron chi connectivity index (χ0n) is 34.3. The Bertz CT molecular complexity index is 1670. The van der Waals surface area contributed by atoms with E-state index in [0.717, 1.165) is 23.0 Å². The van der Waals surface area contributed by atoms with Crippen molar-refractivity contribution in [1.82, 2.24) is 0 Å². The van der Waals surface area contributed by atoms with Gasteiger partial charge in [0.1, 0.15) is 34.9 Å². The molecule has 6 rings (SSSR count). The quantitative estimate of drug-likeness (QED) is 0.138. The van der Waals surface area contributed by atoms with Crippen LogP contribution in [0.1, 0.15) is 103 Å². The summed E-state index contributed by atoms with van der Waals surface area (Å²) in [6.07, 6.45) is 5.89. The lowest BCUT2D eigenvalue weighted by Crippen LogP contribution is -2.08. The van der Waals surface area contributed by atoms with Gasteiger partial charge >= 0.3 is 0 Å². The number of aryl methyl sites for hydroxylation is 8. The van der Waals surface area contributed by atoms with Gasteiger partial charge in [-0.15, -0.1) is 0 Å². The van der Waals surface area contributed by atoms with Crippen LogP contribution < -0.4 is 0 Å². The summed E-state index contributed by atoms with van der Waals surface area (Å²) in [5, 5.41) is 0. The third-order valence-corrected chi connectivity index (χ3v) is 9.03. The van der Waals surface area contributed by atoms with E-state index in [4.69, 9.17) is 0 Å². The van der Waals surface area contributed by atoms with E-state index in [-0.39, 0.29) is 30.2 Å². The van der Waals surface area contributed by atoms with Crippen LogP contribution in [0.5, 0.6) is 0 Å². The second kappa shape index (κ2) is 25.7. The second-order valence-electron chi connectivity index (χ2n) is 14.7. The Hall–Kier alpha value is -4.32. The van der Waals surface area contributed by atoms with Crippen LogP contribution in [-0.4, -0.2) is 0 Å². The Kier molecular flexibility index (Phi) is 23.7. The Balaban J connectivity index is 0.000000635. The van der Waals surface area contributed by atoms with Crippen molar-refractivity contribution in [2.45, 2.75) is 116 Å². The van der Waals surface area contributed by atoms with E-state index in [1.54, 1.807) is 39.8 Å². The number of halogens is 6. The molecule has 0 N–H and O–H groups in total. The maximum atomic E-state index is 12.6. The monoisotopic (exact) mass is 766 g/mol. The van der Waals surface area contributed by atoms with Crippen molar-refractivity contribution in [2.75, 3.05) is 0 Å². The first-order valence-electron chi connectivity index (χ1n) is 18.5. The molecule has 5 aromatic rings. The van der Waals surface area contributed by atoms with E-state index < -0.39 is 23.3 Å². The Morgan fingerprint density at radius 2 is 0.545 bits per heavy atom. The van der Waals surface area contributed by atoms with Gasteiger partial charge < -0.3 is 0 Å². The fraction of sp³-hybridized carbons (Fsp3) is 0.388. The molecule has 0 bridgehead atoms. The molecule has 302 valence electrons. The number of hydrogen-bond donors (Lipinski definition) is 0. The summed E-state index contributed by atoms with van der Waals surface area (Å²) >= 11 is 0. The highest BCUT2D eigenvalue weighted by molar-refractivity contribution is 5.25. The normalized spacial score (nSPS) is 13.9. The first-order valence-corrected chi connectivity index (χ1v) is 18.5. The van der Waals surface area contributed by atoms with E-state index in [1.807, 2.05) is 26.0 Å². The molecule has 5 aromatic carbocycles. The summed E-state index contributed by atoms with van der Waals surface area (Å²) in [4.78, 5) is 0. The lowest BCUT2D eigenvalue weighted by molar-refractivity contribution is 0.308. The second-order valence-corrected chi connectivity index (χ2v) is 14.7. The molecular weight excluding hydrogens is 703 g/mol. The number of rotatable bonds is 0. The highest BCUT2D eigenvalue weighted by Gasteiger charge is 2.13. The molecule has 0 amide bonds. The molecule has 0 spiro atoms. The Morgan fingerprint density at radius 3 is 0.764 bits per heavy atom. The van der Waals surface area contributed by atoms with Crippen LogP contribution in [0.2, 0.25) is 0 Å². The molecule has 0 atom stereocenters. The van der Waals surface area contributed by atoms with Gasteiger partial charge in [0.25, 0.3) is 0 Å². The summed E-state index contributed by atoms with van der Waals surface area (Å²) in [5.41, 5.74) is 7.42. The smallest absolute Gasteiger partial charge is 0.129 e. The summed E-state index contributed by atoms with van der Waals surface area (Å²) in [7, 11) is 0. The van der Waals surface area contributed by atoms with E-state index >= 15 is 0 Å². The van der Waals surface area contributed by atoms with E-state index in [9.17, 15) is 26.3 Å². The summed E-state index contributed by atoms with van der Waals surface area (Å²) in [6, 6.07) is 24.2. The van der Waals surface area contributed by atoms with Crippen molar-refractivity contribution in [3.8, 4) is 0 Å². The maximum absolute atomic E-state index is 12.6. The predicted molar refractivity (Wildman–Crippen MR) is 223 cm³/mol. The van der Waals surface area contributed by atoms with Crippen molar-refractivity contribution in [1.29, 1.82) is 0 Å². The molecule has 1 fully saturated rings. The molecule has 0 saturated heterocycles. The molecule has 1 saturated carbocycles. The maximum Gasteiger partial charge on any atom is 0.129 e. The standard InChI is InChI=1S/2C8H8F2.2C8H9F.C8H16.C8H10.CH4/c2*1-5-3-7(9)6(2)8(10)4-5;2*1-6-3-4-7(2)8(9)5-6;2*1-7-3-5-8(2)6-4-7;/h2*3-4H,1-2H3;2*3-5H,1-2H3;7-8H,3-6H2,1-2H3;3-6H,1-2H3;1H4. The summed E-state index contributed by atoms with van der Waals surface area (Å²) < 4.78 is 75.6. The van der Waals surface area contributed by atoms with Crippen molar-refractivity contribution < 1.29 is 26.3 Å². The van der Waals surface area contributed by atoms with Gasteiger partial charge in [-0.1, -0.05) is 107 Å². The average molecular weight is 767 g/mol. The Labute approximate surface area is 329 Å². The molecule has 0 heterocycles. The average Bonchev–Trinajstić information content (AvgIpc) is 3.10. The molecule has 0 aromatic heterocycles. The largest absolute Gasteiger partial charge is 0.207 e. The van der Waals surface area contributed by atoms with Crippen LogP contribution in [0, 0.1) is 116 Å². The van der Waals surface area contributed by atoms with Crippen LogP contribution in [0.15, 0.2) is 84.9 Å². The third kappa shape index (κ3) is 20.8. The van der Waals surface area contributed by atoms with Gasteiger partial charge in [-0.2, -0.15) is 0 Å². The highest BCUT2D eigenvalue weighted by atomic mass is 19.2. The van der Waals surface area contributed by atoms with E-state index in [0.29, 0.717) is 22.3 Å². The lowest BCUT2D eigenvalue weighted by atomic mass is 9.84. The van der Waals surface area contributed by atoms with E-state index in [2.05, 4.69) is 52.0 Å². The van der Waals surface area contributed by atoms with Gasteiger partial charge in [0.2, 0.25) is 0 Å². The first kappa shape index (κ1) is 50.7. The van der Waals surface area contributed by atoms with Crippen molar-refractivity contribution >= 4 is 0 Å². The van der Waals surface area contributed by atoms with Crippen molar-refractivity contribution in [3.63, 3.8) is 0 Å². The van der Waals surface area contributed by atoms with Gasteiger partial charge in [-0.05, 0) is 151 Å². The number of hydrogen-bond acceptors (Lipinski definition) is 0. The van der Waals surface area contributed by atoms with Crippen LogP contribution in [0.25, 0.3) is 0 Å². The summed E-state index contributed by atoms with van der Waals surface area (Å²) in [5.74, 6) is -0.0904. The van der Waals surface area contributed by atoms with E-state index in [1.165, 1.54) is 87.1 Å². The SMILES string of the molecule is C.CC1CCC(C)CC1.Cc1cc(F)c(C)c(F)c1.Cc1cc(F)c(C)c(F)c1.Cc1ccc(C)c(F)c1.Cc1ccc(C)c(F)c1.Cc1ccc(C)cc1. The van der Waals surface area contributed by atoms with Gasteiger partial charge in [-0.3, -0.25) is 0 Å². The van der Waals surface area contributed by atoms with Crippen LogP contribution in [-0.2, 0) is 0 Å². The van der Waals surface area contributed by atoms with Crippen LogP contribution in [0.3, 0.4) is 0 Å². The summed E-state index contributed by atoms with van der Waals surface area (Å²) in [6.45, 7) is 22.4. The Morgan fingerprint density at radius 1 is 0.327 bits per heavy atom. The number of benzene rings is 5. The molecule has 1 aliphatic carbocycles. The molecule has 0 radical (unpaired) electrons. The third-order valence-electron chi connectivity index (χ3n) is 9.03.